The van der Waals surface area contributed by atoms with E-state index in [1.54, 1.807) is 7.11 Å². The highest BCUT2D eigenvalue weighted by Gasteiger charge is 2.36. The predicted octanol–water partition coefficient (Wildman–Crippen LogP) is 5.12. The van der Waals surface area contributed by atoms with Gasteiger partial charge in [-0.1, -0.05) is 52.0 Å². The van der Waals surface area contributed by atoms with Crippen molar-refractivity contribution < 1.29 is 9.53 Å². The first-order valence-electron chi connectivity index (χ1n) is 12.6. The molecule has 0 N–H and O–H groups in total. The van der Waals surface area contributed by atoms with Crippen molar-refractivity contribution in [3.8, 4) is 5.75 Å². The minimum Gasteiger partial charge on any atom is -0.497 e. The lowest BCUT2D eigenvalue weighted by atomic mass is 9.88. The second-order valence-electron chi connectivity index (χ2n) is 10.7. The summed E-state index contributed by atoms with van der Waals surface area (Å²) in [7, 11) is 5.86. The van der Waals surface area contributed by atoms with Gasteiger partial charge in [-0.25, -0.2) is 0 Å². The molecule has 5 nitrogen and oxygen atoms in total. The minimum absolute atomic E-state index is 0.0155. The smallest absolute Gasteiger partial charge is 0.225 e. The van der Waals surface area contributed by atoms with E-state index in [0.717, 1.165) is 38.5 Å². The zero-order valence-electron chi connectivity index (χ0n) is 22.1. The van der Waals surface area contributed by atoms with Crippen molar-refractivity contribution >= 4 is 11.6 Å². The number of carbonyl (C=O) groups is 1. The van der Waals surface area contributed by atoms with Gasteiger partial charge in [-0.3, -0.25) is 9.69 Å². The number of methoxy groups -OCH3 is 1. The maximum atomic E-state index is 13.1. The molecule has 2 atom stereocenters. The molecule has 0 radical (unpaired) electrons. The first-order chi connectivity index (χ1) is 16.2. The van der Waals surface area contributed by atoms with Crippen LogP contribution in [0.25, 0.3) is 0 Å². The second kappa shape index (κ2) is 11.7. The van der Waals surface area contributed by atoms with Crippen LogP contribution in [0.5, 0.6) is 5.75 Å². The lowest BCUT2D eigenvalue weighted by Gasteiger charge is -2.31. The molecule has 1 fully saturated rings. The molecule has 1 aliphatic rings. The largest absolute Gasteiger partial charge is 0.497 e. The van der Waals surface area contributed by atoms with E-state index in [1.807, 2.05) is 19.9 Å². The van der Waals surface area contributed by atoms with Crippen LogP contribution >= 0.6 is 0 Å². The van der Waals surface area contributed by atoms with Crippen LogP contribution < -0.4 is 9.64 Å². The molecule has 0 bridgehead atoms. The highest BCUT2D eigenvalue weighted by atomic mass is 16.5. The molecule has 0 aromatic heterocycles. The van der Waals surface area contributed by atoms with Crippen molar-refractivity contribution in [3.63, 3.8) is 0 Å². The highest BCUT2D eigenvalue weighted by Crippen LogP contribution is 2.36. The molecule has 2 aromatic rings. The van der Waals surface area contributed by atoms with E-state index in [0.29, 0.717) is 17.8 Å². The third-order valence-electron chi connectivity index (χ3n) is 6.74. The normalized spacial score (nSPS) is 18.5. The van der Waals surface area contributed by atoms with Crippen molar-refractivity contribution in [2.24, 2.45) is 17.8 Å². The van der Waals surface area contributed by atoms with E-state index in [9.17, 15) is 4.79 Å². The predicted molar refractivity (Wildman–Crippen MR) is 142 cm³/mol. The summed E-state index contributed by atoms with van der Waals surface area (Å²) in [6.45, 7) is 12.9. The number of carbonyl (C=O) groups excluding carboxylic acids is 1. The first kappa shape index (κ1) is 26.1. The van der Waals surface area contributed by atoms with Gasteiger partial charge in [0.2, 0.25) is 5.91 Å². The van der Waals surface area contributed by atoms with Gasteiger partial charge in [0.25, 0.3) is 0 Å². The zero-order valence-corrected chi connectivity index (χ0v) is 22.1. The Morgan fingerprint density at radius 2 is 1.76 bits per heavy atom. The molecule has 3 rings (SSSR count). The minimum atomic E-state index is 0.0155. The summed E-state index contributed by atoms with van der Waals surface area (Å²) < 4.78 is 5.52. The topological polar surface area (TPSA) is 36.0 Å². The van der Waals surface area contributed by atoms with E-state index in [-0.39, 0.29) is 11.8 Å². The van der Waals surface area contributed by atoms with Gasteiger partial charge < -0.3 is 14.5 Å². The molecular weight excluding hydrogens is 422 g/mol. The van der Waals surface area contributed by atoms with Crippen molar-refractivity contribution in [2.45, 2.75) is 40.2 Å². The molecule has 1 heterocycles. The van der Waals surface area contributed by atoms with Crippen LogP contribution in [0.2, 0.25) is 0 Å². The summed E-state index contributed by atoms with van der Waals surface area (Å²) in [4.78, 5) is 19.8. The van der Waals surface area contributed by atoms with E-state index >= 15 is 0 Å². The molecule has 0 unspecified atom stereocenters. The van der Waals surface area contributed by atoms with Crippen LogP contribution in [-0.2, 0) is 11.3 Å². The second-order valence-corrected chi connectivity index (χ2v) is 10.7. The van der Waals surface area contributed by atoms with E-state index < -0.39 is 0 Å². The average Bonchev–Trinajstić information content (AvgIpc) is 3.20. The first-order valence-corrected chi connectivity index (χ1v) is 12.6. The van der Waals surface area contributed by atoms with Gasteiger partial charge in [0, 0.05) is 64.3 Å². The van der Waals surface area contributed by atoms with E-state index in [4.69, 9.17) is 4.74 Å². The molecule has 0 spiro atoms. The molecule has 34 heavy (non-hydrogen) atoms. The SMILES string of the molecule is COc1cccc([C@@H]2CN(Cc3ccc(N(C)C)cc3)C[C@@H]2CN(CC(C)C)C(=O)C(C)C)c1. The van der Waals surface area contributed by atoms with Gasteiger partial charge in [-0.15, -0.1) is 0 Å². The number of anilines is 1. The Bertz CT molecular complexity index is 923. The molecule has 1 saturated heterocycles. The number of hydrogen-bond donors (Lipinski definition) is 0. The number of amides is 1. The molecule has 0 aliphatic carbocycles. The maximum absolute atomic E-state index is 13.1. The van der Waals surface area contributed by atoms with Gasteiger partial charge in [0.15, 0.2) is 0 Å². The number of hydrogen-bond acceptors (Lipinski definition) is 4. The Kier molecular flexibility index (Phi) is 9.01. The number of ether oxygens (including phenoxy) is 1. The molecular formula is C29H43N3O2. The lowest BCUT2D eigenvalue weighted by molar-refractivity contribution is -0.135. The van der Waals surface area contributed by atoms with Crippen LogP contribution in [-0.4, -0.2) is 63.1 Å². The molecule has 0 saturated carbocycles. The maximum Gasteiger partial charge on any atom is 0.225 e. The van der Waals surface area contributed by atoms with Crippen molar-refractivity contribution in [2.75, 3.05) is 52.3 Å². The Hall–Kier alpha value is -2.53. The number of rotatable bonds is 10. The average molecular weight is 466 g/mol. The molecule has 186 valence electrons. The van der Waals surface area contributed by atoms with Gasteiger partial charge in [0.05, 0.1) is 7.11 Å². The van der Waals surface area contributed by atoms with E-state index in [2.05, 4.69) is 85.1 Å². The van der Waals surface area contributed by atoms with Crippen molar-refractivity contribution in [3.05, 3.63) is 59.7 Å². The number of nitrogens with zero attached hydrogens (tertiary/aromatic N) is 3. The number of likely N-dealkylation sites (tertiary alicyclic amines) is 1. The molecule has 1 aliphatic heterocycles. The molecule has 2 aromatic carbocycles. The fourth-order valence-corrected chi connectivity index (χ4v) is 5.03. The standard InChI is InChI=1S/C29H43N3O2/c1-21(2)16-32(29(33)22(3)4)19-25-18-31(17-23-11-13-26(14-12-23)30(5)6)20-28(25)24-9-8-10-27(15-24)34-7/h8-15,21-22,25,28H,16-20H2,1-7H3/t25-,28+/m1/s1. The quantitative estimate of drug-likeness (QED) is 0.488. The third-order valence-corrected chi connectivity index (χ3v) is 6.74. The fourth-order valence-electron chi connectivity index (χ4n) is 5.03. The summed E-state index contributed by atoms with van der Waals surface area (Å²) in [6, 6.07) is 17.3. The summed E-state index contributed by atoms with van der Waals surface area (Å²) >= 11 is 0. The monoisotopic (exact) mass is 465 g/mol. The highest BCUT2D eigenvalue weighted by molar-refractivity contribution is 5.78. The lowest BCUT2D eigenvalue weighted by Crippen LogP contribution is -2.41. The third kappa shape index (κ3) is 6.75. The Labute approximate surface area is 206 Å². The van der Waals surface area contributed by atoms with Crippen LogP contribution in [0.3, 0.4) is 0 Å². The van der Waals surface area contributed by atoms with Crippen LogP contribution in [0.1, 0.15) is 44.7 Å². The summed E-state index contributed by atoms with van der Waals surface area (Å²) in [5, 5.41) is 0. The van der Waals surface area contributed by atoms with Gasteiger partial charge in [0.1, 0.15) is 5.75 Å². The van der Waals surface area contributed by atoms with Crippen molar-refractivity contribution in [1.82, 2.24) is 9.80 Å². The Morgan fingerprint density at radius 3 is 2.35 bits per heavy atom. The molecule has 1 amide bonds. The zero-order chi connectivity index (χ0) is 24.8. The van der Waals surface area contributed by atoms with Gasteiger partial charge >= 0.3 is 0 Å². The Morgan fingerprint density at radius 1 is 1.06 bits per heavy atom. The summed E-state index contributed by atoms with van der Waals surface area (Å²) in [5.74, 6) is 2.37. The summed E-state index contributed by atoms with van der Waals surface area (Å²) in [6.07, 6.45) is 0. The fraction of sp³-hybridized carbons (Fsp3) is 0.552. The van der Waals surface area contributed by atoms with Crippen LogP contribution in [0.4, 0.5) is 5.69 Å². The number of benzene rings is 2. The van der Waals surface area contributed by atoms with E-state index in [1.165, 1.54) is 16.8 Å². The van der Waals surface area contributed by atoms with Gasteiger partial charge in [-0.2, -0.15) is 0 Å². The summed E-state index contributed by atoms with van der Waals surface area (Å²) in [5.41, 5.74) is 3.85. The van der Waals surface area contributed by atoms with Crippen molar-refractivity contribution in [1.29, 1.82) is 0 Å². The van der Waals surface area contributed by atoms with Gasteiger partial charge in [-0.05, 0) is 47.2 Å². The van der Waals surface area contributed by atoms with Crippen LogP contribution in [0, 0.1) is 17.8 Å². The molecule has 5 heteroatoms. The van der Waals surface area contributed by atoms with Crippen LogP contribution in [0.15, 0.2) is 48.5 Å². The Balaban J connectivity index is 1.83.